The molecule has 0 spiro atoms. The van der Waals surface area contributed by atoms with Gasteiger partial charge in [0.25, 0.3) is 0 Å². The number of ether oxygens (including phenoxy) is 2. The smallest absolute Gasteiger partial charge is 0.161 e. The standard InChI is InChI=1S/C17H18O3S/c1-19-16-8-12(9-18)6-7-15(16)20-10-13-11-21-17-5-3-2-4-14(13)17/h2-8,13,18H,9-11H2,1H3. The van der Waals surface area contributed by atoms with E-state index in [1.807, 2.05) is 30.0 Å². The molecule has 0 radical (unpaired) electrons. The zero-order chi connectivity index (χ0) is 14.7. The Bertz CT molecular complexity index is 627. The third-order valence-corrected chi connectivity index (χ3v) is 4.90. The SMILES string of the molecule is COc1cc(CO)ccc1OCC1CSc2ccccc21. The summed E-state index contributed by atoms with van der Waals surface area (Å²) < 4.78 is 11.3. The maximum atomic E-state index is 9.16. The van der Waals surface area contributed by atoms with Crippen LogP contribution in [0.25, 0.3) is 0 Å². The van der Waals surface area contributed by atoms with Crippen LogP contribution >= 0.6 is 11.8 Å². The van der Waals surface area contributed by atoms with Crippen LogP contribution in [0, 0.1) is 0 Å². The predicted molar refractivity (Wildman–Crippen MR) is 84.3 cm³/mol. The monoisotopic (exact) mass is 302 g/mol. The second kappa shape index (κ2) is 6.41. The molecule has 3 rings (SSSR count). The Morgan fingerprint density at radius 2 is 2.05 bits per heavy atom. The number of hydrogen-bond acceptors (Lipinski definition) is 4. The van der Waals surface area contributed by atoms with Crippen LogP contribution in [-0.2, 0) is 6.61 Å². The Balaban J connectivity index is 1.71. The highest BCUT2D eigenvalue weighted by atomic mass is 32.2. The summed E-state index contributed by atoms with van der Waals surface area (Å²) in [6, 6.07) is 14.0. The summed E-state index contributed by atoms with van der Waals surface area (Å²) in [6.07, 6.45) is 0. The molecule has 0 aromatic heterocycles. The number of thioether (sulfide) groups is 1. The highest BCUT2D eigenvalue weighted by Gasteiger charge is 2.23. The summed E-state index contributed by atoms with van der Waals surface area (Å²) in [5.74, 6) is 2.86. The van der Waals surface area contributed by atoms with Crippen LogP contribution in [0.5, 0.6) is 11.5 Å². The second-order valence-electron chi connectivity index (χ2n) is 5.00. The van der Waals surface area contributed by atoms with Crippen molar-refractivity contribution in [1.29, 1.82) is 0 Å². The van der Waals surface area contributed by atoms with E-state index in [1.54, 1.807) is 7.11 Å². The molecule has 1 aliphatic rings. The molecule has 2 aromatic rings. The van der Waals surface area contributed by atoms with Gasteiger partial charge in [0.1, 0.15) is 0 Å². The molecule has 4 heteroatoms. The quantitative estimate of drug-likeness (QED) is 0.918. The fourth-order valence-corrected chi connectivity index (χ4v) is 3.72. The number of aliphatic hydroxyl groups excluding tert-OH is 1. The minimum absolute atomic E-state index is 0.00325. The molecule has 1 heterocycles. The number of aliphatic hydroxyl groups is 1. The van der Waals surface area contributed by atoms with Gasteiger partial charge >= 0.3 is 0 Å². The Kier molecular flexibility index (Phi) is 4.36. The molecule has 21 heavy (non-hydrogen) atoms. The lowest BCUT2D eigenvalue weighted by Crippen LogP contribution is -2.10. The summed E-state index contributed by atoms with van der Waals surface area (Å²) in [5.41, 5.74) is 2.19. The van der Waals surface area contributed by atoms with E-state index in [4.69, 9.17) is 14.6 Å². The fraction of sp³-hybridized carbons (Fsp3) is 0.294. The van der Waals surface area contributed by atoms with Gasteiger partial charge in [-0.3, -0.25) is 0 Å². The lowest BCUT2D eigenvalue weighted by molar-refractivity contribution is 0.272. The number of hydrogen-bond donors (Lipinski definition) is 1. The number of rotatable bonds is 5. The summed E-state index contributed by atoms with van der Waals surface area (Å²) >= 11 is 1.88. The number of methoxy groups -OCH3 is 1. The minimum Gasteiger partial charge on any atom is -0.493 e. The van der Waals surface area contributed by atoms with Crippen molar-refractivity contribution >= 4 is 11.8 Å². The largest absolute Gasteiger partial charge is 0.493 e. The van der Waals surface area contributed by atoms with Gasteiger partial charge in [0.2, 0.25) is 0 Å². The van der Waals surface area contributed by atoms with Crippen LogP contribution < -0.4 is 9.47 Å². The molecule has 0 bridgehead atoms. The molecule has 0 aliphatic carbocycles. The molecule has 0 saturated heterocycles. The molecule has 3 nitrogen and oxygen atoms in total. The summed E-state index contributed by atoms with van der Waals surface area (Å²) in [6.45, 7) is 0.641. The van der Waals surface area contributed by atoms with Crippen molar-refractivity contribution in [2.24, 2.45) is 0 Å². The molecule has 0 fully saturated rings. The molecule has 1 atom stereocenters. The van der Waals surface area contributed by atoms with E-state index >= 15 is 0 Å². The molecular weight excluding hydrogens is 284 g/mol. The van der Waals surface area contributed by atoms with Gasteiger partial charge in [0, 0.05) is 16.6 Å². The van der Waals surface area contributed by atoms with Gasteiger partial charge in [-0.2, -0.15) is 0 Å². The van der Waals surface area contributed by atoms with Crippen LogP contribution in [0.15, 0.2) is 47.4 Å². The van der Waals surface area contributed by atoms with Crippen LogP contribution in [0.2, 0.25) is 0 Å². The fourth-order valence-electron chi connectivity index (χ4n) is 2.49. The molecule has 1 unspecified atom stereocenters. The van der Waals surface area contributed by atoms with E-state index in [2.05, 4.69) is 24.3 Å². The van der Waals surface area contributed by atoms with Gasteiger partial charge < -0.3 is 14.6 Å². The third kappa shape index (κ3) is 3.01. The lowest BCUT2D eigenvalue weighted by atomic mass is 10.0. The van der Waals surface area contributed by atoms with Gasteiger partial charge in [-0.1, -0.05) is 24.3 Å². The zero-order valence-corrected chi connectivity index (χ0v) is 12.7. The first-order chi connectivity index (χ1) is 10.3. The first-order valence-corrected chi connectivity index (χ1v) is 7.92. The van der Waals surface area contributed by atoms with Crippen LogP contribution in [-0.4, -0.2) is 24.6 Å². The first-order valence-electron chi connectivity index (χ1n) is 6.94. The van der Waals surface area contributed by atoms with Crippen molar-refractivity contribution in [2.45, 2.75) is 17.4 Å². The zero-order valence-electron chi connectivity index (χ0n) is 11.9. The second-order valence-corrected chi connectivity index (χ2v) is 6.06. The lowest BCUT2D eigenvalue weighted by Gasteiger charge is -2.15. The van der Waals surface area contributed by atoms with Crippen molar-refractivity contribution in [2.75, 3.05) is 19.5 Å². The van der Waals surface area contributed by atoms with Gasteiger partial charge in [-0.25, -0.2) is 0 Å². The van der Waals surface area contributed by atoms with Gasteiger partial charge in [-0.05, 0) is 29.3 Å². The molecule has 0 amide bonds. The van der Waals surface area contributed by atoms with Crippen LogP contribution in [0.4, 0.5) is 0 Å². The number of fused-ring (bicyclic) bond motifs is 1. The van der Waals surface area contributed by atoms with E-state index in [1.165, 1.54) is 10.5 Å². The highest BCUT2D eigenvalue weighted by molar-refractivity contribution is 7.99. The summed E-state index contributed by atoms with van der Waals surface area (Å²) in [4.78, 5) is 1.36. The Morgan fingerprint density at radius 1 is 1.19 bits per heavy atom. The molecule has 1 N–H and O–H groups in total. The van der Waals surface area contributed by atoms with E-state index in [0.717, 1.165) is 17.1 Å². The normalized spacial score (nSPS) is 16.6. The molecular formula is C17H18O3S. The average molecular weight is 302 g/mol. The van der Waals surface area contributed by atoms with E-state index in [9.17, 15) is 0 Å². The van der Waals surface area contributed by atoms with Crippen molar-refractivity contribution in [3.8, 4) is 11.5 Å². The van der Waals surface area contributed by atoms with Gasteiger partial charge in [0.15, 0.2) is 11.5 Å². The summed E-state index contributed by atoms with van der Waals surface area (Å²) in [5, 5.41) is 9.16. The van der Waals surface area contributed by atoms with Crippen LogP contribution in [0.1, 0.15) is 17.0 Å². The number of benzene rings is 2. The highest BCUT2D eigenvalue weighted by Crippen LogP contribution is 2.40. The van der Waals surface area contributed by atoms with Crippen molar-refractivity contribution in [3.63, 3.8) is 0 Å². The predicted octanol–water partition coefficient (Wildman–Crippen LogP) is 3.46. The van der Waals surface area contributed by atoms with E-state index in [-0.39, 0.29) is 6.61 Å². The van der Waals surface area contributed by atoms with E-state index < -0.39 is 0 Å². The minimum atomic E-state index is 0.00325. The van der Waals surface area contributed by atoms with Crippen molar-refractivity contribution < 1.29 is 14.6 Å². The Hall–Kier alpha value is -1.65. The summed E-state index contributed by atoms with van der Waals surface area (Å²) in [7, 11) is 1.62. The van der Waals surface area contributed by atoms with Gasteiger partial charge in [-0.15, -0.1) is 11.8 Å². The van der Waals surface area contributed by atoms with Gasteiger partial charge in [0.05, 0.1) is 20.3 Å². The Labute approximate surface area is 128 Å². The third-order valence-electron chi connectivity index (χ3n) is 3.65. The van der Waals surface area contributed by atoms with Crippen LogP contribution in [0.3, 0.4) is 0 Å². The topological polar surface area (TPSA) is 38.7 Å². The van der Waals surface area contributed by atoms with E-state index in [0.29, 0.717) is 18.3 Å². The molecule has 1 aliphatic heterocycles. The maximum Gasteiger partial charge on any atom is 0.161 e. The Morgan fingerprint density at radius 3 is 2.86 bits per heavy atom. The molecule has 0 saturated carbocycles. The van der Waals surface area contributed by atoms with Crippen molar-refractivity contribution in [1.82, 2.24) is 0 Å². The first kappa shape index (κ1) is 14.3. The molecule has 110 valence electrons. The molecule has 2 aromatic carbocycles. The maximum absolute atomic E-state index is 9.16. The average Bonchev–Trinajstić information content (AvgIpc) is 2.96. The van der Waals surface area contributed by atoms with Crippen molar-refractivity contribution in [3.05, 3.63) is 53.6 Å².